The molecule has 0 amide bonds. The Kier molecular flexibility index (Phi) is 4.40. The highest BCUT2D eigenvalue weighted by atomic mass is 14.9. The van der Waals surface area contributed by atoms with Crippen LogP contribution in [0.15, 0.2) is 22.8 Å². The Bertz CT molecular complexity index is 248. The summed E-state index contributed by atoms with van der Waals surface area (Å²) in [6, 6.07) is 0.689. The van der Waals surface area contributed by atoms with Crippen LogP contribution in [-0.2, 0) is 0 Å². The van der Waals surface area contributed by atoms with Crippen molar-refractivity contribution in [3.05, 3.63) is 22.8 Å². The van der Waals surface area contributed by atoms with Crippen LogP contribution in [0.5, 0.6) is 0 Å². The van der Waals surface area contributed by atoms with Crippen molar-refractivity contribution in [2.45, 2.75) is 52.5 Å². The Hall–Kier alpha value is -0.560. The van der Waals surface area contributed by atoms with E-state index in [4.69, 9.17) is 0 Å². The summed E-state index contributed by atoms with van der Waals surface area (Å²) in [5.41, 5.74) is 4.77. The van der Waals surface area contributed by atoms with Crippen molar-refractivity contribution < 1.29 is 0 Å². The van der Waals surface area contributed by atoms with Crippen LogP contribution in [0.4, 0.5) is 0 Å². The van der Waals surface area contributed by atoms with Gasteiger partial charge in [0.25, 0.3) is 0 Å². The molecule has 0 aromatic heterocycles. The van der Waals surface area contributed by atoms with Crippen LogP contribution in [0.1, 0.15) is 46.5 Å². The number of allylic oxidation sites excluding steroid dienone is 3. The highest BCUT2D eigenvalue weighted by molar-refractivity contribution is 5.37. The van der Waals surface area contributed by atoms with Crippen LogP contribution < -0.4 is 5.32 Å². The molecule has 1 rings (SSSR count). The first-order chi connectivity index (χ1) is 6.72. The van der Waals surface area contributed by atoms with Gasteiger partial charge in [-0.15, -0.1) is 0 Å². The second kappa shape index (κ2) is 5.35. The third-order valence-corrected chi connectivity index (χ3v) is 3.40. The molecular formula is C13H23N. The molecule has 0 saturated heterocycles. The van der Waals surface area contributed by atoms with E-state index in [0.717, 1.165) is 0 Å². The molecule has 0 spiro atoms. The van der Waals surface area contributed by atoms with Gasteiger partial charge < -0.3 is 5.32 Å². The van der Waals surface area contributed by atoms with Crippen molar-refractivity contribution in [3.8, 4) is 0 Å². The minimum absolute atomic E-state index is 0.689. The van der Waals surface area contributed by atoms with Gasteiger partial charge in [0.15, 0.2) is 0 Å². The van der Waals surface area contributed by atoms with Crippen LogP contribution in [0.3, 0.4) is 0 Å². The smallest absolute Gasteiger partial charge is 0.0108 e. The number of rotatable bonds is 2. The van der Waals surface area contributed by atoms with E-state index < -0.39 is 0 Å². The molecule has 1 nitrogen and oxygen atoms in total. The molecule has 1 unspecified atom stereocenters. The standard InChI is InChI=1S/C13H23N/c1-5-10(3)13-8-7-12(14-4)9-11(13)6-2/h6,12,14H,5,7-9H2,1-4H3/b11-6-,13-10+. The zero-order chi connectivity index (χ0) is 10.6. The third kappa shape index (κ3) is 2.48. The van der Waals surface area contributed by atoms with E-state index in [2.05, 4.69) is 39.2 Å². The van der Waals surface area contributed by atoms with Gasteiger partial charge in [-0.05, 0) is 57.7 Å². The average Bonchev–Trinajstić information content (AvgIpc) is 2.27. The zero-order valence-electron chi connectivity index (χ0n) is 9.98. The summed E-state index contributed by atoms with van der Waals surface area (Å²) in [6.07, 6.45) is 7.24. The molecule has 14 heavy (non-hydrogen) atoms. The Morgan fingerprint density at radius 1 is 1.57 bits per heavy atom. The molecule has 1 fully saturated rings. The fourth-order valence-corrected chi connectivity index (χ4v) is 2.21. The fraction of sp³-hybridized carbons (Fsp3) is 0.692. The Morgan fingerprint density at radius 3 is 2.79 bits per heavy atom. The molecule has 0 aliphatic heterocycles. The average molecular weight is 193 g/mol. The topological polar surface area (TPSA) is 12.0 Å². The van der Waals surface area contributed by atoms with Crippen molar-refractivity contribution in [1.82, 2.24) is 5.32 Å². The van der Waals surface area contributed by atoms with Crippen LogP contribution in [0.2, 0.25) is 0 Å². The first kappa shape index (κ1) is 11.5. The summed E-state index contributed by atoms with van der Waals surface area (Å²) in [6.45, 7) is 6.69. The fourth-order valence-electron chi connectivity index (χ4n) is 2.21. The predicted molar refractivity (Wildman–Crippen MR) is 63.4 cm³/mol. The Labute approximate surface area is 88.3 Å². The summed E-state index contributed by atoms with van der Waals surface area (Å²) in [7, 11) is 2.07. The lowest BCUT2D eigenvalue weighted by Crippen LogP contribution is -2.29. The lowest BCUT2D eigenvalue weighted by molar-refractivity contribution is 0.490. The molecule has 0 aromatic rings. The molecular weight excluding hydrogens is 170 g/mol. The van der Waals surface area contributed by atoms with E-state index in [9.17, 15) is 0 Å². The van der Waals surface area contributed by atoms with Gasteiger partial charge in [0.05, 0.1) is 0 Å². The van der Waals surface area contributed by atoms with Crippen molar-refractivity contribution in [2.24, 2.45) is 0 Å². The molecule has 80 valence electrons. The van der Waals surface area contributed by atoms with Crippen molar-refractivity contribution in [1.29, 1.82) is 0 Å². The van der Waals surface area contributed by atoms with Crippen LogP contribution >= 0.6 is 0 Å². The second-order valence-corrected chi connectivity index (χ2v) is 4.15. The lowest BCUT2D eigenvalue weighted by atomic mass is 9.83. The molecule has 1 aliphatic rings. The Morgan fingerprint density at radius 2 is 2.29 bits per heavy atom. The lowest BCUT2D eigenvalue weighted by Gasteiger charge is -2.27. The van der Waals surface area contributed by atoms with Crippen molar-refractivity contribution in [2.75, 3.05) is 7.05 Å². The number of nitrogens with one attached hydrogen (secondary N) is 1. The molecule has 1 atom stereocenters. The molecule has 0 heterocycles. The van der Waals surface area contributed by atoms with Gasteiger partial charge in [0.2, 0.25) is 0 Å². The molecule has 0 radical (unpaired) electrons. The van der Waals surface area contributed by atoms with Crippen molar-refractivity contribution >= 4 is 0 Å². The molecule has 1 N–H and O–H groups in total. The van der Waals surface area contributed by atoms with E-state index in [1.807, 2.05) is 0 Å². The summed E-state index contributed by atoms with van der Waals surface area (Å²) >= 11 is 0. The van der Waals surface area contributed by atoms with Gasteiger partial charge in [-0.3, -0.25) is 0 Å². The van der Waals surface area contributed by atoms with Gasteiger partial charge in [-0.25, -0.2) is 0 Å². The minimum atomic E-state index is 0.689. The molecule has 1 aliphatic carbocycles. The third-order valence-electron chi connectivity index (χ3n) is 3.40. The minimum Gasteiger partial charge on any atom is -0.317 e. The van der Waals surface area contributed by atoms with E-state index in [0.29, 0.717) is 6.04 Å². The molecule has 0 aromatic carbocycles. The quantitative estimate of drug-likeness (QED) is 0.708. The second-order valence-electron chi connectivity index (χ2n) is 4.15. The zero-order valence-corrected chi connectivity index (χ0v) is 9.98. The van der Waals surface area contributed by atoms with Crippen molar-refractivity contribution in [3.63, 3.8) is 0 Å². The van der Waals surface area contributed by atoms with Gasteiger partial charge in [0, 0.05) is 6.04 Å². The maximum absolute atomic E-state index is 3.38. The SMILES string of the molecule is C/C=C1/CC(NC)CC/C1=C(/C)CC. The van der Waals surface area contributed by atoms with Gasteiger partial charge in [-0.1, -0.05) is 18.6 Å². The number of hydrogen-bond donors (Lipinski definition) is 1. The first-order valence-electron chi connectivity index (χ1n) is 5.74. The maximum atomic E-state index is 3.38. The maximum Gasteiger partial charge on any atom is 0.0108 e. The normalized spacial score (nSPS) is 29.4. The predicted octanol–water partition coefficient (Wildman–Crippen LogP) is 3.43. The van der Waals surface area contributed by atoms with E-state index >= 15 is 0 Å². The summed E-state index contributed by atoms with van der Waals surface area (Å²) in [5, 5.41) is 3.38. The highest BCUT2D eigenvalue weighted by Gasteiger charge is 2.19. The Balaban J connectivity index is 2.82. The summed E-state index contributed by atoms with van der Waals surface area (Å²) < 4.78 is 0. The van der Waals surface area contributed by atoms with Crippen LogP contribution in [0, 0.1) is 0 Å². The van der Waals surface area contributed by atoms with Gasteiger partial charge in [-0.2, -0.15) is 0 Å². The van der Waals surface area contributed by atoms with Crippen LogP contribution in [0.25, 0.3) is 0 Å². The van der Waals surface area contributed by atoms with Crippen LogP contribution in [-0.4, -0.2) is 13.1 Å². The van der Waals surface area contributed by atoms with E-state index in [-0.39, 0.29) is 0 Å². The molecule has 0 bridgehead atoms. The van der Waals surface area contributed by atoms with Gasteiger partial charge >= 0.3 is 0 Å². The summed E-state index contributed by atoms with van der Waals surface area (Å²) in [4.78, 5) is 0. The van der Waals surface area contributed by atoms with Gasteiger partial charge in [0.1, 0.15) is 0 Å². The first-order valence-corrected chi connectivity index (χ1v) is 5.74. The summed E-state index contributed by atoms with van der Waals surface area (Å²) in [5.74, 6) is 0. The monoisotopic (exact) mass is 193 g/mol. The molecule has 1 heteroatoms. The largest absolute Gasteiger partial charge is 0.317 e. The number of hydrogen-bond acceptors (Lipinski definition) is 1. The van der Waals surface area contributed by atoms with E-state index in [1.54, 1.807) is 16.7 Å². The molecule has 1 saturated carbocycles. The van der Waals surface area contributed by atoms with E-state index in [1.165, 1.54) is 25.7 Å². The highest BCUT2D eigenvalue weighted by Crippen LogP contribution is 2.31.